The molecule has 0 radical (unpaired) electrons. The van der Waals surface area contributed by atoms with Crippen LogP contribution >= 0.6 is 11.6 Å². The highest BCUT2D eigenvalue weighted by Crippen LogP contribution is 2.42. The molecule has 0 aromatic heterocycles. The Balaban J connectivity index is 2.01. The van der Waals surface area contributed by atoms with E-state index in [0.29, 0.717) is 28.6 Å². The van der Waals surface area contributed by atoms with Gasteiger partial charge in [-0.2, -0.15) is 0 Å². The van der Waals surface area contributed by atoms with Crippen molar-refractivity contribution in [2.75, 3.05) is 0 Å². The average Bonchev–Trinajstić information content (AvgIpc) is 2.59. The molecule has 23 heavy (non-hydrogen) atoms. The van der Waals surface area contributed by atoms with Gasteiger partial charge in [0.25, 0.3) is 0 Å². The summed E-state index contributed by atoms with van der Waals surface area (Å²) in [7, 11) is 0. The number of para-hydroxylation sites is 2. The number of phenolic OH excluding ortho intramolecular Hbond substituents is 1. The molecule has 3 aromatic carbocycles. The molecule has 1 N–H and O–H groups in total. The van der Waals surface area contributed by atoms with Crippen molar-refractivity contribution < 1.29 is 14.6 Å². The van der Waals surface area contributed by atoms with E-state index in [1.54, 1.807) is 12.1 Å². The third-order valence-electron chi connectivity index (χ3n) is 3.27. The fourth-order valence-electron chi connectivity index (χ4n) is 2.14. The van der Waals surface area contributed by atoms with Crippen molar-refractivity contribution in [3.05, 3.63) is 78.4 Å². The molecule has 0 saturated heterocycles. The van der Waals surface area contributed by atoms with Crippen molar-refractivity contribution >= 4 is 11.6 Å². The molecule has 3 nitrogen and oxygen atoms in total. The van der Waals surface area contributed by atoms with E-state index >= 15 is 0 Å². The maximum atomic E-state index is 10.0. The number of alkyl halides is 1. The summed E-state index contributed by atoms with van der Waals surface area (Å²) in [5.74, 6) is 2.41. The smallest absolute Gasteiger partial charge is 0.178 e. The molecule has 116 valence electrons. The van der Waals surface area contributed by atoms with Gasteiger partial charge in [0.05, 0.1) is 11.4 Å². The van der Waals surface area contributed by atoms with E-state index in [1.807, 2.05) is 60.7 Å². The second-order valence-electron chi connectivity index (χ2n) is 4.85. The molecule has 0 amide bonds. The van der Waals surface area contributed by atoms with Gasteiger partial charge in [0.1, 0.15) is 17.2 Å². The summed E-state index contributed by atoms with van der Waals surface area (Å²) in [4.78, 5) is 0. The van der Waals surface area contributed by atoms with Crippen LogP contribution in [0.2, 0.25) is 0 Å². The molecule has 4 heteroatoms. The highest BCUT2D eigenvalue weighted by molar-refractivity contribution is 6.17. The lowest BCUT2D eigenvalue weighted by Gasteiger charge is -2.16. The molecule has 0 saturated carbocycles. The van der Waals surface area contributed by atoms with Crippen LogP contribution in [0.4, 0.5) is 0 Å². The van der Waals surface area contributed by atoms with Gasteiger partial charge in [0.15, 0.2) is 11.5 Å². The Hall–Kier alpha value is -2.65. The molecule has 0 spiro atoms. The van der Waals surface area contributed by atoms with Gasteiger partial charge >= 0.3 is 0 Å². The fourth-order valence-corrected chi connectivity index (χ4v) is 2.40. The molecule has 0 bridgehead atoms. The summed E-state index contributed by atoms with van der Waals surface area (Å²) < 4.78 is 11.8. The number of hydrogen-bond donors (Lipinski definition) is 1. The zero-order valence-electron chi connectivity index (χ0n) is 12.3. The van der Waals surface area contributed by atoms with Crippen molar-refractivity contribution in [1.82, 2.24) is 0 Å². The molecule has 0 aliphatic rings. The molecule has 0 unspecified atom stereocenters. The first-order valence-corrected chi connectivity index (χ1v) is 7.68. The van der Waals surface area contributed by atoms with Gasteiger partial charge in [0.2, 0.25) is 0 Å². The summed E-state index contributed by atoms with van der Waals surface area (Å²) in [5.41, 5.74) is 0.490. The van der Waals surface area contributed by atoms with Crippen LogP contribution in [0.15, 0.2) is 72.8 Å². The zero-order chi connectivity index (χ0) is 16.1. The monoisotopic (exact) mass is 326 g/mol. The maximum absolute atomic E-state index is 10.0. The summed E-state index contributed by atoms with van der Waals surface area (Å²) in [6.45, 7) is 0. The standard InChI is InChI=1S/C19H15ClO3/c20-13-16-17(21)11-12-18(22-14-7-3-1-4-8-14)19(16)23-15-9-5-2-6-10-15/h1-12,21H,13H2. The van der Waals surface area contributed by atoms with Crippen molar-refractivity contribution in [2.45, 2.75) is 5.88 Å². The van der Waals surface area contributed by atoms with Crippen molar-refractivity contribution in [1.29, 1.82) is 0 Å². The van der Waals surface area contributed by atoms with Gasteiger partial charge in [-0.05, 0) is 36.4 Å². The van der Waals surface area contributed by atoms with Gasteiger partial charge in [-0.3, -0.25) is 0 Å². The minimum absolute atomic E-state index is 0.0753. The molecule has 0 atom stereocenters. The van der Waals surface area contributed by atoms with E-state index in [4.69, 9.17) is 21.1 Å². The minimum Gasteiger partial charge on any atom is -0.507 e. The Kier molecular flexibility index (Phi) is 4.69. The largest absolute Gasteiger partial charge is 0.507 e. The quantitative estimate of drug-likeness (QED) is 0.610. The van der Waals surface area contributed by atoms with Crippen LogP contribution in [-0.2, 0) is 5.88 Å². The molecule has 0 aliphatic heterocycles. The Labute approximate surface area is 139 Å². The fraction of sp³-hybridized carbons (Fsp3) is 0.0526. The predicted octanol–water partition coefficient (Wildman–Crippen LogP) is 5.72. The van der Waals surface area contributed by atoms with E-state index in [2.05, 4.69) is 0 Å². The lowest BCUT2D eigenvalue weighted by atomic mass is 10.2. The molecule has 3 aromatic rings. The number of hydrogen-bond acceptors (Lipinski definition) is 3. The van der Waals surface area contributed by atoms with Crippen LogP contribution in [0.5, 0.6) is 28.7 Å². The normalized spacial score (nSPS) is 10.3. The summed E-state index contributed by atoms with van der Waals surface area (Å²) in [5, 5.41) is 10.0. The Morgan fingerprint density at radius 1 is 0.739 bits per heavy atom. The lowest BCUT2D eigenvalue weighted by Crippen LogP contribution is -1.95. The van der Waals surface area contributed by atoms with Crippen LogP contribution in [0.1, 0.15) is 5.56 Å². The third-order valence-corrected chi connectivity index (χ3v) is 3.53. The van der Waals surface area contributed by atoms with Crippen LogP contribution in [0.3, 0.4) is 0 Å². The molecule has 0 heterocycles. The average molecular weight is 327 g/mol. The molecular formula is C19H15ClO3. The Bertz CT molecular complexity index is 773. The molecule has 3 rings (SSSR count). The van der Waals surface area contributed by atoms with E-state index in [1.165, 1.54) is 0 Å². The van der Waals surface area contributed by atoms with Crippen LogP contribution in [0.25, 0.3) is 0 Å². The number of aromatic hydroxyl groups is 1. The van der Waals surface area contributed by atoms with E-state index in [-0.39, 0.29) is 11.6 Å². The predicted molar refractivity (Wildman–Crippen MR) is 90.7 cm³/mol. The van der Waals surface area contributed by atoms with Crippen molar-refractivity contribution in [2.24, 2.45) is 0 Å². The topological polar surface area (TPSA) is 38.7 Å². The van der Waals surface area contributed by atoms with Gasteiger partial charge in [-0.15, -0.1) is 11.6 Å². The first-order chi connectivity index (χ1) is 11.3. The molecule has 0 aliphatic carbocycles. The van der Waals surface area contributed by atoms with Gasteiger partial charge in [0, 0.05) is 0 Å². The van der Waals surface area contributed by atoms with E-state index in [0.717, 1.165) is 0 Å². The maximum Gasteiger partial charge on any atom is 0.178 e. The summed E-state index contributed by atoms with van der Waals surface area (Å²) >= 11 is 5.98. The number of halogens is 1. The van der Waals surface area contributed by atoms with Crippen LogP contribution in [-0.4, -0.2) is 5.11 Å². The number of ether oxygens (including phenoxy) is 2. The number of rotatable bonds is 5. The van der Waals surface area contributed by atoms with Crippen LogP contribution < -0.4 is 9.47 Å². The van der Waals surface area contributed by atoms with E-state index in [9.17, 15) is 5.11 Å². The third kappa shape index (κ3) is 3.58. The first kappa shape index (κ1) is 15.3. The highest BCUT2D eigenvalue weighted by atomic mass is 35.5. The molecular weight excluding hydrogens is 312 g/mol. The lowest BCUT2D eigenvalue weighted by molar-refractivity contribution is 0.405. The van der Waals surface area contributed by atoms with Gasteiger partial charge < -0.3 is 14.6 Å². The summed E-state index contributed by atoms with van der Waals surface area (Å²) in [6, 6.07) is 21.9. The Morgan fingerprint density at radius 3 is 1.87 bits per heavy atom. The Morgan fingerprint density at radius 2 is 1.30 bits per heavy atom. The van der Waals surface area contributed by atoms with Crippen LogP contribution in [0, 0.1) is 0 Å². The highest BCUT2D eigenvalue weighted by Gasteiger charge is 2.17. The first-order valence-electron chi connectivity index (χ1n) is 7.14. The SMILES string of the molecule is Oc1ccc(Oc2ccccc2)c(Oc2ccccc2)c1CCl. The summed E-state index contributed by atoms with van der Waals surface area (Å²) in [6.07, 6.45) is 0. The number of benzene rings is 3. The number of phenols is 1. The van der Waals surface area contributed by atoms with E-state index < -0.39 is 0 Å². The second kappa shape index (κ2) is 7.07. The second-order valence-corrected chi connectivity index (χ2v) is 5.12. The van der Waals surface area contributed by atoms with Crippen molar-refractivity contribution in [3.8, 4) is 28.7 Å². The minimum atomic E-state index is 0.0753. The van der Waals surface area contributed by atoms with Gasteiger partial charge in [-0.25, -0.2) is 0 Å². The zero-order valence-corrected chi connectivity index (χ0v) is 13.0. The van der Waals surface area contributed by atoms with Crippen molar-refractivity contribution in [3.63, 3.8) is 0 Å². The molecule has 0 fully saturated rings. The van der Waals surface area contributed by atoms with Gasteiger partial charge in [-0.1, -0.05) is 36.4 Å².